The van der Waals surface area contributed by atoms with Crippen molar-refractivity contribution in [3.63, 3.8) is 0 Å². The summed E-state index contributed by atoms with van der Waals surface area (Å²) in [6, 6.07) is 5.34. The quantitative estimate of drug-likeness (QED) is 0.813. The van der Waals surface area contributed by atoms with E-state index in [-0.39, 0.29) is 17.9 Å². The average molecular weight is 378 g/mol. The summed E-state index contributed by atoms with van der Waals surface area (Å²) in [6.45, 7) is 8.43. The Kier molecular flexibility index (Phi) is 6.20. The number of hydrogen-bond donors (Lipinski definition) is 0. The lowest BCUT2D eigenvalue weighted by molar-refractivity contribution is -0.137. The highest BCUT2D eigenvalue weighted by Crippen LogP contribution is 2.19. The van der Waals surface area contributed by atoms with E-state index in [1.165, 1.54) is 6.42 Å². The second-order valence-corrected chi connectivity index (χ2v) is 7.76. The number of nitrogens with zero attached hydrogens (tertiary/aromatic N) is 3. The topological polar surface area (TPSA) is 43.9 Å². The van der Waals surface area contributed by atoms with Crippen molar-refractivity contribution in [3.05, 3.63) is 34.3 Å². The Labute approximate surface area is 160 Å². The van der Waals surface area contributed by atoms with Crippen molar-refractivity contribution in [2.24, 2.45) is 0 Å². The minimum atomic E-state index is -0.112. The van der Waals surface area contributed by atoms with Crippen LogP contribution in [0.1, 0.15) is 42.1 Å². The Balaban J connectivity index is 1.55. The van der Waals surface area contributed by atoms with Gasteiger partial charge in [0.1, 0.15) is 0 Å². The van der Waals surface area contributed by atoms with Crippen LogP contribution in [0.25, 0.3) is 0 Å². The van der Waals surface area contributed by atoms with Gasteiger partial charge in [-0.05, 0) is 50.8 Å². The predicted octanol–water partition coefficient (Wildman–Crippen LogP) is 2.81. The molecule has 0 aliphatic carbocycles. The fourth-order valence-corrected chi connectivity index (χ4v) is 3.94. The van der Waals surface area contributed by atoms with E-state index in [0.29, 0.717) is 23.7 Å². The zero-order valence-corrected chi connectivity index (χ0v) is 16.5. The van der Waals surface area contributed by atoms with Gasteiger partial charge in [0.25, 0.3) is 5.91 Å². The van der Waals surface area contributed by atoms with Gasteiger partial charge in [0.05, 0.1) is 6.04 Å². The van der Waals surface area contributed by atoms with Crippen LogP contribution in [0.3, 0.4) is 0 Å². The van der Waals surface area contributed by atoms with Crippen LogP contribution in [-0.4, -0.2) is 71.8 Å². The summed E-state index contributed by atoms with van der Waals surface area (Å²) < 4.78 is 0. The number of halogens is 1. The smallest absolute Gasteiger partial charge is 0.253 e. The molecule has 0 N–H and O–H groups in total. The normalized spacial score (nSPS) is 20.1. The number of hydrogen-bond acceptors (Lipinski definition) is 3. The molecule has 0 spiro atoms. The van der Waals surface area contributed by atoms with Gasteiger partial charge in [-0.3, -0.25) is 14.5 Å². The summed E-state index contributed by atoms with van der Waals surface area (Å²) in [5, 5.41) is 0.621. The molecule has 0 aromatic heterocycles. The number of carbonyl (C=O) groups is 2. The highest BCUT2D eigenvalue weighted by Gasteiger charge is 2.30. The molecule has 2 saturated heterocycles. The fraction of sp³-hybridized carbons (Fsp3) is 0.600. The minimum absolute atomic E-state index is 0.0153. The van der Waals surface area contributed by atoms with E-state index in [1.807, 2.05) is 35.8 Å². The van der Waals surface area contributed by atoms with E-state index in [2.05, 4.69) is 4.90 Å². The summed E-state index contributed by atoms with van der Waals surface area (Å²) in [5.74, 6) is 0.247. The van der Waals surface area contributed by atoms with E-state index in [4.69, 9.17) is 11.6 Å². The van der Waals surface area contributed by atoms with Crippen LogP contribution in [0.2, 0.25) is 5.02 Å². The van der Waals surface area contributed by atoms with Gasteiger partial charge in [-0.1, -0.05) is 17.7 Å². The molecule has 0 radical (unpaired) electrons. The Hall–Kier alpha value is -1.59. The number of likely N-dealkylation sites (tertiary alicyclic amines) is 1. The van der Waals surface area contributed by atoms with Crippen molar-refractivity contribution in [3.8, 4) is 0 Å². The third-order valence-electron chi connectivity index (χ3n) is 5.59. The first-order valence-electron chi connectivity index (χ1n) is 9.55. The summed E-state index contributed by atoms with van der Waals surface area (Å²) in [7, 11) is 0. The number of piperidine rings is 1. The van der Waals surface area contributed by atoms with Gasteiger partial charge in [0.2, 0.25) is 5.91 Å². The third-order valence-corrected chi connectivity index (χ3v) is 6.00. The second-order valence-electron chi connectivity index (χ2n) is 7.35. The maximum Gasteiger partial charge on any atom is 0.253 e. The number of piperazine rings is 1. The molecular formula is C20H28ClN3O2. The van der Waals surface area contributed by atoms with Crippen molar-refractivity contribution in [1.82, 2.24) is 14.7 Å². The molecule has 0 bridgehead atoms. The van der Waals surface area contributed by atoms with Gasteiger partial charge in [-0.15, -0.1) is 0 Å². The number of benzene rings is 1. The number of carbonyl (C=O) groups excluding carboxylic acids is 2. The summed E-state index contributed by atoms with van der Waals surface area (Å²) >= 11 is 6.15. The predicted molar refractivity (Wildman–Crippen MR) is 104 cm³/mol. The Morgan fingerprint density at radius 1 is 0.962 bits per heavy atom. The number of amides is 2. The van der Waals surface area contributed by atoms with Crippen molar-refractivity contribution >= 4 is 23.4 Å². The van der Waals surface area contributed by atoms with E-state index >= 15 is 0 Å². The SMILES string of the molecule is Cc1ccc(C(=O)N2CCN(C(C)C(=O)N3CCCCC3)CC2)cc1Cl. The van der Waals surface area contributed by atoms with Gasteiger partial charge in [0.15, 0.2) is 0 Å². The van der Waals surface area contributed by atoms with Gasteiger partial charge < -0.3 is 9.80 Å². The Morgan fingerprint density at radius 3 is 2.23 bits per heavy atom. The van der Waals surface area contributed by atoms with Gasteiger partial charge in [0, 0.05) is 49.9 Å². The first-order chi connectivity index (χ1) is 12.5. The summed E-state index contributed by atoms with van der Waals surface area (Å²) in [4.78, 5) is 31.4. The van der Waals surface area contributed by atoms with E-state index in [1.54, 1.807) is 6.07 Å². The van der Waals surface area contributed by atoms with Crippen LogP contribution in [0.15, 0.2) is 18.2 Å². The Bertz CT molecular complexity index is 665. The molecule has 2 amide bonds. The van der Waals surface area contributed by atoms with Crippen LogP contribution >= 0.6 is 11.6 Å². The van der Waals surface area contributed by atoms with Crippen LogP contribution in [-0.2, 0) is 4.79 Å². The van der Waals surface area contributed by atoms with E-state index in [9.17, 15) is 9.59 Å². The highest BCUT2D eigenvalue weighted by atomic mass is 35.5. The standard InChI is InChI=1S/C20H28ClN3O2/c1-15-6-7-17(14-18(15)21)20(26)24-12-10-22(11-13-24)16(2)19(25)23-8-4-3-5-9-23/h6-7,14,16H,3-5,8-13H2,1-2H3. The van der Waals surface area contributed by atoms with Gasteiger partial charge in [-0.25, -0.2) is 0 Å². The van der Waals surface area contributed by atoms with Crippen molar-refractivity contribution in [2.45, 2.75) is 39.2 Å². The maximum atomic E-state index is 12.7. The molecule has 1 atom stereocenters. The zero-order valence-electron chi connectivity index (χ0n) is 15.7. The highest BCUT2D eigenvalue weighted by molar-refractivity contribution is 6.31. The molecule has 2 heterocycles. The molecule has 1 unspecified atom stereocenters. The molecule has 5 nitrogen and oxygen atoms in total. The van der Waals surface area contributed by atoms with Gasteiger partial charge >= 0.3 is 0 Å². The molecular weight excluding hydrogens is 350 g/mol. The molecule has 1 aromatic rings. The second kappa shape index (κ2) is 8.40. The van der Waals surface area contributed by atoms with Crippen molar-refractivity contribution < 1.29 is 9.59 Å². The van der Waals surface area contributed by atoms with Crippen LogP contribution in [0, 0.1) is 6.92 Å². The number of aryl methyl sites for hydroxylation is 1. The zero-order chi connectivity index (χ0) is 18.7. The summed E-state index contributed by atoms with van der Waals surface area (Å²) in [6.07, 6.45) is 3.45. The molecule has 0 saturated carbocycles. The maximum absolute atomic E-state index is 12.7. The Morgan fingerprint density at radius 2 is 1.62 bits per heavy atom. The lowest BCUT2D eigenvalue weighted by Crippen LogP contribution is -2.56. The van der Waals surface area contributed by atoms with Crippen LogP contribution < -0.4 is 0 Å². The molecule has 3 rings (SSSR count). The van der Waals surface area contributed by atoms with Gasteiger partial charge in [-0.2, -0.15) is 0 Å². The molecule has 2 aliphatic rings. The molecule has 2 aliphatic heterocycles. The summed E-state index contributed by atoms with van der Waals surface area (Å²) in [5.41, 5.74) is 1.60. The van der Waals surface area contributed by atoms with E-state index < -0.39 is 0 Å². The third kappa shape index (κ3) is 4.21. The van der Waals surface area contributed by atoms with Crippen LogP contribution in [0.5, 0.6) is 0 Å². The minimum Gasteiger partial charge on any atom is -0.341 e. The fourth-order valence-electron chi connectivity index (χ4n) is 3.76. The largest absolute Gasteiger partial charge is 0.341 e. The first kappa shape index (κ1) is 19.2. The van der Waals surface area contributed by atoms with Crippen molar-refractivity contribution in [2.75, 3.05) is 39.3 Å². The monoisotopic (exact) mass is 377 g/mol. The molecule has 6 heteroatoms. The first-order valence-corrected chi connectivity index (χ1v) is 9.93. The number of rotatable bonds is 3. The molecule has 1 aromatic carbocycles. The molecule has 26 heavy (non-hydrogen) atoms. The van der Waals surface area contributed by atoms with Crippen molar-refractivity contribution in [1.29, 1.82) is 0 Å². The molecule has 2 fully saturated rings. The lowest BCUT2D eigenvalue weighted by atomic mass is 10.1. The molecule has 142 valence electrons. The lowest BCUT2D eigenvalue weighted by Gasteiger charge is -2.39. The average Bonchev–Trinajstić information content (AvgIpc) is 2.69. The van der Waals surface area contributed by atoms with E-state index in [0.717, 1.165) is 44.6 Å². The van der Waals surface area contributed by atoms with Crippen LogP contribution in [0.4, 0.5) is 0 Å².